The number of carbonyl (C=O) groups excluding carboxylic acids is 2. The number of ketones is 2. The van der Waals surface area contributed by atoms with E-state index in [0.29, 0.717) is 89.4 Å². The Morgan fingerprint density at radius 2 is 1.36 bits per heavy atom. The number of Topliss-reactive ketones (excluding diaryl/α,β-unsaturated/α-hetero) is 2. The summed E-state index contributed by atoms with van der Waals surface area (Å²) in [6.45, 7) is 3.11. The number of ether oxygens (including phenoxy) is 4. The van der Waals surface area contributed by atoms with Crippen LogP contribution in [0.2, 0.25) is 5.02 Å². The van der Waals surface area contributed by atoms with E-state index in [9.17, 15) is 9.59 Å². The third kappa shape index (κ3) is 5.82. The van der Waals surface area contributed by atoms with Crippen molar-refractivity contribution in [2.24, 2.45) is 0 Å². The lowest BCUT2D eigenvalue weighted by Gasteiger charge is -2.36. The van der Waals surface area contributed by atoms with Crippen LogP contribution in [0.25, 0.3) is 0 Å². The first-order valence-corrected chi connectivity index (χ1v) is 14.9. The van der Waals surface area contributed by atoms with Gasteiger partial charge in [0, 0.05) is 47.4 Å². The molecule has 42 heavy (non-hydrogen) atoms. The van der Waals surface area contributed by atoms with Gasteiger partial charge in [-0.25, -0.2) is 0 Å². The molecule has 3 aromatic carbocycles. The van der Waals surface area contributed by atoms with Crippen LogP contribution in [-0.4, -0.2) is 18.2 Å². The molecule has 6 rings (SSSR count). The van der Waals surface area contributed by atoms with Crippen molar-refractivity contribution in [3.05, 3.63) is 111 Å². The van der Waals surface area contributed by atoms with Crippen LogP contribution in [0, 0.1) is 0 Å². The highest BCUT2D eigenvalue weighted by Crippen LogP contribution is 2.50. The van der Waals surface area contributed by atoms with Crippen LogP contribution in [0.1, 0.15) is 68.1 Å². The number of benzene rings is 3. The van der Waals surface area contributed by atoms with Gasteiger partial charge in [-0.05, 0) is 61.2 Å². The van der Waals surface area contributed by atoms with Crippen molar-refractivity contribution < 1.29 is 28.5 Å². The maximum absolute atomic E-state index is 13.3. The van der Waals surface area contributed by atoms with Crippen molar-refractivity contribution in [1.82, 2.24) is 0 Å². The van der Waals surface area contributed by atoms with Gasteiger partial charge in [-0.1, -0.05) is 48.0 Å². The number of rotatable bonds is 9. The fourth-order valence-corrected chi connectivity index (χ4v) is 6.11. The molecule has 216 valence electrons. The molecule has 0 unspecified atom stereocenters. The second kappa shape index (κ2) is 12.5. The third-order valence-corrected chi connectivity index (χ3v) is 8.10. The van der Waals surface area contributed by atoms with Crippen molar-refractivity contribution >= 4 is 23.2 Å². The first-order chi connectivity index (χ1) is 20.5. The van der Waals surface area contributed by atoms with E-state index in [0.717, 1.165) is 24.0 Å². The summed E-state index contributed by atoms with van der Waals surface area (Å²) < 4.78 is 24.6. The lowest BCUT2D eigenvalue weighted by Crippen LogP contribution is -2.30. The average molecular weight is 585 g/mol. The smallest absolute Gasteiger partial charge is 0.163 e. The standard InChI is InChI=1S/C35H33ClO6/c1-2-39-32-18-23(14-16-29(32)41-20-22-8-4-3-5-9-22)21-40-28-17-15-24(36)19-25(28)33-34-26(37)10-6-12-30(34)42-31-13-7-11-27(38)35(31)33/h3-5,8-9,14-19,33H,2,6-7,10-13,20-21H2,1H3. The molecule has 2 aliphatic carbocycles. The van der Waals surface area contributed by atoms with Crippen LogP contribution >= 0.6 is 11.6 Å². The molecule has 0 aromatic heterocycles. The van der Waals surface area contributed by atoms with E-state index < -0.39 is 5.92 Å². The van der Waals surface area contributed by atoms with Gasteiger partial charge >= 0.3 is 0 Å². The summed E-state index contributed by atoms with van der Waals surface area (Å²) in [5.41, 5.74) is 3.81. The Bertz CT molecular complexity index is 1530. The Hall–Kier alpha value is -4.03. The van der Waals surface area contributed by atoms with Crippen LogP contribution in [-0.2, 0) is 27.5 Å². The molecule has 0 bridgehead atoms. The van der Waals surface area contributed by atoms with Gasteiger partial charge in [-0.15, -0.1) is 0 Å². The molecule has 3 aliphatic rings. The summed E-state index contributed by atoms with van der Waals surface area (Å²) in [7, 11) is 0. The molecule has 3 aromatic rings. The van der Waals surface area contributed by atoms with Crippen molar-refractivity contribution in [1.29, 1.82) is 0 Å². The highest BCUT2D eigenvalue weighted by molar-refractivity contribution is 6.30. The molecule has 0 spiro atoms. The summed E-state index contributed by atoms with van der Waals surface area (Å²) >= 11 is 6.50. The predicted molar refractivity (Wildman–Crippen MR) is 160 cm³/mol. The number of hydrogen-bond acceptors (Lipinski definition) is 6. The van der Waals surface area contributed by atoms with Crippen LogP contribution in [0.3, 0.4) is 0 Å². The number of hydrogen-bond donors (Lipinski definition) is 0. The summed E-state index contributed by atoms with van der Waals surface area (Å²) in [6, 6.07) is 21.1. The molecule has 0 amide bonds. The normalized spacial score (nSPS) is 17.0. The van der Waals surface area contributed by atoms with Crippen molar-refractivity contribution in [2.75, 3.05) is 6.61 Å². The van der Waals surface area contributed by atoms with Crippen LogP contribution < -0.4 is 14.2 Å². The third-order valence-electron chi connectivity index (χ3n) is 7.86. The lowest BCUT2D eigenvalue weighted by molar-refractivity contribution is -0.117. The zero-order chi connectivity index (χ0) is 29.1. The number of carbonyl (C=O) groups is 2. The Labute approximate surface area is 250 Å². The van der Waals surface area contributed by atoms with Crippen molar-refractivity contribution in [3.63, 3.8) is 0 Å². The molecule has 1 heterocycles. The second-order valence-corrected chi connectivity index (χ2v) is 11.2. The van der Waals surface area contributed by atoms with Gasteiger partial charge in [0.25, 0.3) is 0 Å². The molecule has 0 radical (unpaired) electrons. The minimum absolute atomic E-state index is 0.0181. The van der Waals surface area contributed by atoms with E-state index in [-0.39, 0.29) is 18.2 Å². The number of allylic oxidation sites excluding steroid dienone is 4. The molecule has 7 heteroatoms. The van der Waals surface area contributed by atoms with Gasteiger partial charge < -0.3 is 18.9 Å². The van der Waals surface area contributed by atoms with Crippen LogP contribution in [0.4, 0.5) is 0 Å². The Kier molecular flexibility index (Phi) is 8.34. The zero-order valence-electron chi connectivity index (χ0n) is 23.6. The van der Waals surface area contributed by atoms with Gasteiger partial charge in [0.1, 0.15) is 30.5 Å². The quantitative estimate of drug-likeness (QED) is 0.253. The monoisotopic (exact) mass is 584 g/mol. The minimum Gasteiger partial charge on any atom is -0.490 e. The van der Waals surface area contributed by atoms with E-state index in [1.54, 1.807) is 6.07 Å². The van der Waals surface area contributed by atoms with Gasteiger partial charge in [0.2, 0.25) is 0 Å². The Morgan fingerprint density at radius 1 is 0.714 bits per heavy atom. The fraction of sp³-hybridized carbons (Fsp3) is 0.314. The summed E-state index contributed by atoms with van der Waals surface area (Å²) in [4.78, 5) is 26.5. The Morgan fingerprint density at radius 3 is 2.05 bits per heavy atom. The fourth-order valence-electron chi connectivity index (χ4n) is 5.93. The number of halogens is 1. The van der Waals surface area contributed by atoms with Gasteiger partial charge in [-0.2, -0.15) is 0 Å². The van der Waals surface area contributed by atoms with Crippen molar-refractivity contribution in [2.45, 2.75) is 64.6 Å². The summed E-state index contributed by atoms with van der Waals surface area (Å²) in [5.74, 6) is 2.72. The largest absolute Gasteiger partial charge is 0.490 e. The Balaban J connectivity index is 1.29. The highest BCUT2D eigenvalue weighted by Gasteiger charge is 2.42. The molecule has 6 nitrogen and oxygen atoms in total. The maximum Gasteiger partial charge on any atom is 0.163 e. The van der Waals surface area contributed by atoms with E-state index in [2.05, 4.69) is 0 Å². The van der Waals surface area contributed by atoms with E-state index >= 15 is 0 Å². The summed E-state index contributed by atoms with van der Waals surface area (Å²) in [6.07, 6.45) is 3.72. The maximum atomic E-state index is 13.3. The van der Waals surface area contributed by atoms with E-state index in [1.807, 2.05) is 67.6 Å². The molecule has 0 saturated heterocycles. The zero-order valence-corrected chi connectivity index (χ0v) is 24.4. The van der Waals surface area contributed by atoms with Gasteiger partial charge in [-0.3, -0.25) is 9.59 Å². The predicted octanol–water partition coefficient (Wildman–Crippen LogP) is 8.02. The van der Waals surface area contributed by atoms with E-state index in [4.69, 9.17) is 30.5 Å². The molecular weight excluding hydrogens is 552 g/mol. The minimum atomic E-state index is -0.550. The first-order valence-electron chi connectivity index (χ1n) is 14.6. The molecule has 0 saturated carbocycles. The molecular formula is C35H33ClO6. The molecule has 0 fully saturated rings. The average Bonchev–Trinajstić information content (AvgIpc) is 3.00. The highest BCUT2D eigenvalue weighted by atomic mass is 35.5. The van der Waals surface area contributed by atoms with Gasteiger partial charge in [0.15, 0.2) is 23.1 Å². The molecule has 1 aliphatic heterocycles. The van der Waals surface area contributed by atoms with E-state index in [1.165, 1.54) is 0 Å². The lowest BCUT2D eigenvalue weighted by atomic mass is 9.73. The van der Waals surface area contributed by atoms with Gasteiger partial charge in [0.05, 0.1) is 12.5 Å². The van der Waals surface area contributed by atoms with Crippen LogP contribution in [0.5, 0.6) is 17.2 Å². The molecule has 0 N–H and O–H groups in total. The van der Waals surface area contributed by atoms with Crippen molar-refractivity contribution in [3.8, 4) is 17.2 Å². The topological polar surface area (TPSA) is 71.1 Å². The second-order valence-electron chi connectivity index (χ2n) is 10.7. The first kappa shape index (κ1) is 28.1. The molecule has 0 atom stereocenters. The van der Waals surface area contributed by atoms with Crippen LogP contribution in [0.15, 0.2) is 89.4 Å². The summed E-state index contributed by atoms with van der Waals surface area (Å²) in [5, 5.41) is 0.512. The SMILES string of the molecule is CCOc1cc(COc2ccc(Cl)cc2C2C3=C(CCCC3=O)OC3=C2C(=O)CCC3)ccc1OCc1ccccc1.